The van der Waals surface area contributed by atoms with Crippen LogP contribution in [-0.4, -0.2) is 37.9 Å². The fourth-order valence-corrected chi connectivity index (χ4v) is 3.45. The number of hydrogen-bond acceptors (Lipinski definition) is 8. The summed E-state index contributed by atoms with van der Waals surface area (Å²) < 4.78 is 0. The summed E-state index contributed by atoms with van der Waals surface area (Å²) in [5.74, 6) is 0.755. The molecule has 134 valence electrons. The molecular formula is C19H17N7S. The molecule has 27 heavy (non-hydrogen) atoms. The first-order valence-electron chi connectivity index (χ1n) is 8.55. The zero-order valence-electron chi connectivity index (χ0n) is 14.5. The van der Waals surface area contributed by atoms with Crippen LogP contribution in [-0.2, 0) is 6.54 Å². The van der Waals surface area contributed by atoms with Gasteiger partial charge in [-0.1, -0.05) is 6.08 Å². The standard InChI is InChI=1S/C19H17N7S/c20-10-14-1-2-17(22-11-14)15-3-6-26(7-4-15)12-16-9-18(24-13-23-16)25-19-21-5-8-27-19/h1-3,5,8-9,11,13H,4,6-7,12H2,(H,21,23,24,25). The maximum atomic E-state index is 8.88. The SMILES string of the molecule is N#Cc1ccc(C2=CCN(Cc3cc(Nc4nccs4)ncn3)CC2)nc1. The average Bonchev–Trinajstić information content (AvgIpc) is 3.22. The van der Waals surface area contributed by atoms with E-state index in [-0.39, 0.29) is 0 Å². The smallest absolute Gasteiger partial charge is 0.188 e. The molecule has 0 bridgehead atoms. The van der Waals surface area contributed by atoms with Crippen molar-refractivity contribution in [3.63, 3.8) is 0 Å². The lowest BCUT2D eigenvalue weighted by atomic mass is 10.0. The van der Waals surface area contributed by atoms with Gasteiger partial charge in [-0.3, -0.25) is 9.88 Å². The van der Waals surface area contributed by atoms with Gasteiger partial charge in [-0.25, -0.2) is 15.0 Å². The molecule has 0 unspecified atom stereocenters. The zero-order chi connectivity index (χ0) is 18.5. The highest BCUT2D eigenvalue weighted by Crippen LogP contribution is 2.22. The summed E-state index contributed by atoms with van der Waals surface area (Å²) in [6, 6.07) is 7.79. The van der Waals surface area contributed by atoms with E-state index in [4.69, 9.17) is 5.26 Å². The second kappa shape index (κ2) is 8.03. The van der Waals surface area contributed by atoms with Gasteiger partial charge in [0.15, 0.2) is 5.13 Å². The molecule has 0 saturated heterocycles. The number of anilines is 2. The molecule has 0 amide bonds. The van der Waals surface area contributed by atoms with E-state index < -0.39 is 0 Å². The quantitative estimate of drug-likeness (QED) is 0.732. The van der Waals surface area contributed by atoms with Crippen LogP contribution in [0.5, 0.6) is 0 Å². The molecule has 4 rings (SSSR count). The first kappa shape index (κ1) is 17.3. The lowest BCUT2D eigenvalue weighted by Gasteiger charge is -2.25. The monoisotopic (exact) mass is 375 g/mol. The second-order valence-electron chi connectivity index (χ2n) is 6.12. The molecule has 1 N–H and O–H groups in total. The molecule has 1 aliphatic rings. The maximum absolute atomic E-state index is 8.88. The summed E-state index contributed by atoms with van der Waals surface area (Å²) in [4.78, 5) is 19.6. The van der Waals surface area contributed by atoms with Gasteiger partial charge in [-0.05, 0) is 24.1 Å². The van der Waals surface area contributed by atoms with Crippen molar-refractivity contribution in [2.24, 2.45) is 0 Å². The summed E-state index contributed by atoms with van der Waals surface area (Å²) in [7, 11) is 0. The van der Waals surface area contributed by atoms with E-state index in [2.05, 4.69) is 42.3 Å². The van der Waals surface area contributed by atoms with Crippen molar-refractivity contribution in [3.8, 4) is 6.07 Å². The van der Waals surface area contributed by atoms with E-state index in [1.807, 2.05) is 23.6 Å². The average molecular weight is 375 g/mol. The minimum absolute atomic E-state index is 0.586. The number of thiazole rings is 1. The van der Waals surface area contributed by atoms with Crippen LogP contribution in [0.4, 0.5) is 10.9 Å². The maximum Gasteiger partial charge on any atom is 0.188 e. The van der Waals surface area contributed by atoms with Gasteiger partial charge in [0.2, 0.25) is 0 Å². The van der Waals surface area contributed by atoms with Gasteiger partial charge in [0.25, 0.3) is 0 Å². The highest BCUT2D eigenvalue weighted by atomic mass is 32.1. The normalized spacial score (nSPS) is 14.4. The van der Waals surface area contributed by atoms with Crippen LogP contribution in [0.2, 0.25) is 0 Å². The Morgan fingerprint density at radius 1 is 1.22 bits per heavy atom. The number of nitrogens with one attached hydrogen (secondary N) is 1. The fourth-order valence-electron chi connectivity index (χ4n) is 2.91. The number of hydrogen-bond donors (Lipinski definition) is 1. The van der Waals surface area contributed by atoms with Gasteiger partial charge in [-0.2, -0.15) is 5.26 Å². The van der Waals surface area contributed by atoms with Crippen molar-refractivity contribution < 1.29 is 0 Å². The summed E-state index contributed by atoms with van der Waals surface area (Å²) in [5, 5.41) is 14.8. The van der Waals surface area contributed by atoms with Crippen LogP contribution in [0.25, 0.3) is 5.57 Å². The molecule has 8 heteroatoms. The van der Waals surface area contributed by atoms with Crippen LogP contribution in [0.3, 0.4) is 0 Å². The van der Waals surface area contributed by atoms with Crippen molar-refractivity contribution in [2.45, 2.75) is 13.0 Å². The number of pyridine rings is 1. The molecule has 0 atom stereocenters. The summed E-state index contributed by atoms with van der Waals surface area (Å²) in [6.07, 6.45) is 8.09. The van der Waals surface area contributed by atoms with E-state index in [1.54, 1.807) is 18.7 Å². The highest BCUT2D eigenvalue weighted by Gasteiger charge is 2.15. The fraction of sp³-hybridized carbons (Fsp3) is 0.211. The van der Waals surface area contributed by atoms with Crippen molar-refractivity contribution in [1.82, 2.24) is 24.8 Å². The molecule has 4 heterocycles. The molecule has 0 spiro atoms. The molecule has 1 aliphatic heterocycles. The van der Waals surface area contributed by atoms with Crippen molar-refractivity contribution in [2.75, 3.05) is 18.4 Å². The Morgan fingerprint density at radius 2 is 2.19 bits per heavy atom. The number of aromatic nitrogens is 4. The topological polar surface area (TPSA) is 90.6 Å². The van der Waals surface area contributed by atoms with E-state index >= 15 is 0 Å². The third-order valence-corrected chi connectivity index (χ3v) is 4.98. The highest BCUT2D eigenvalue weighted by molar-refractivity contribution is 7.13. The van der Waals surface area contributed by atoms with Gasteiger partial charge < -0.3 is 5.32 Å². The molecule has 3 aromatic rings. The van der Waals surface area contributed by atoms with Crippen LogP contribution in [0, 0.1) is 11.3 Å². The van der Waals surface area contributed by atoms with Crippen LogP contribution in [0.1, 0.15) is 23.4 Å². The summed E-state index contributed by atoms with van der Waals surface area (Å²) in [6.45, 7) is 2.54. The van der Waals surface area contributed by atoms with Crippen LogP contribution >= 0.6 is 11.3 Å². The Balaban J connectivity index is 1.38. The van der Waals surface area contributed by atoms with Gasteiger partial charge in [0.05, 0.1) is 17.0 Å². The summed E-state index contributed by atoms with van der Waals surface area (Å²) >= 11 is 1.54. The predicted octanol–water partition coefficient (Wildman–Crippen LogP) is 3.23. The molecule has 3 aromatic heterocycles. The lowest BCUT2D eigenvalue weighted by molar-refractivity contribution is 0.290. The minimum atomic E-state index is 0.586. The van der Waals surface area contributed by atoms with E-state index in [9.17, 15) is 0 Å². The molecule has 0 fully saturated rings. The molecule has 0 aliphatic carbocycles. The first-order valence-corrected chi connectivity index (χ1v) is 9.43. The Morgan fingerprint density at radius 3 is 2.89 bits per heavy atom. The van der Waals surface area contributed by atoms with Crippen LogP contribution < -0.4 is 5.32 Å². The van der Waals surface area contributed by atoms with Gasteiger partial charge >= 0.3 is 0 Å². The first-order chi connectivity index (χ1) is 13.3. The number of rotatable bonds is 5. The third kappa shape index (κ3) is 4.34. The number of nitriles is 1. The van der Waals surface area contributed by atoms with E-state index in [0.29, 0.717) is 5.56 Å². The van der Waals surface area contributed by atoms with Crippen molar-refractivity contribution in [1.29, 1.82) is 5.26 Å². The van der Waals surface area contributed by atoms with Gasteiger partial charge in [0.1, 0.15) is 18.2 Å². The van der Waals surface area contributed by atoms with Crippen molar-refractivity contribution >= 4 is 27.9 Å². The van der Waals surface area contributed by atoms with Gasteiger partial charge in [0, 0.05) is 43.5 Å². The Bertz CT molecular complexity index is 974. The van der Waals surface area contributed by atoms with E-state index in [1.165, 1.54) is 16.9 Å². The molecule has 0 aromatic carbocycles. The molecule has 0 saturated carbocycles. The number of nitrogens with zero attached hydrogens (tertiary/aromatic N) is 6. The Labute approximate surface area is 161 Å². The predicted molar refractivity (Wildman–Crippen MR) is 104 cm³/mol. The lowest BCUT2D eigenvalue weighted by Crippen LogP contribution is -2.28. The largest absolute Gasteiger partial charge is 0.316 e. The molecule has 0 radical (unpaired) electrons. The van der Waals surface area contributed by atoms with Crippen molar-refractivity contribution in [3.05, 3.63) is 65.3 Å². The van der Waals surface area contributed by atoms with Crippen LogP contribution in [0.15, 0.2) is 48.4 Å². The Hall–Kier alpha value is -3.15. The molecular weight excluding hydrogens is 358 g/mol. The third-order valence-electron chi connectivity index (χ3n) is 4.29. The zero-order valence-corrected chi connectivity index (χ0v) is 15.4. The summed E-state index contributed by atoms with van der Waals surface area (Å²) in [5.41, 5.74) is 3.73. The van der Waals surface area contributed by atoms with E-state index in [0.717, 1.165) is 48.4 Å². The minimum Gasteiger partial charge on any atom is -0.316 e. The second-order valence-corrected chi connectivity index (χ2v) is 7.01. The Kier molecular flexibility index (Phi) is 5.14. The molecule has 7 nitrogen and oxygen atoms in total. The van der Waals surface area contributed by atoms with Gasteiger partial charge in [-0.15, -0.1) is 11.3 Å².